The molecule has 0 radical (unpaired) electrons. The fraction of sp³-hybridized carbons (Fsp3) is 0.333. The van der Waals surface area contributed by atoms with Gasteiger partial charge in [0.15, 0.2) is 0 Å². The van der Waals surface area contributed by atoms with Gasteiger partial charge in [0.1, 0.15) is 5.75 Å². The van der Waals surface area contributed by atoms with E-state index >= 15 is 0 Å². The monoisotopic (exact) mass is 346 g/mol. The minimum absolute atomic E-state index is 0.0262. The maximum absolute atomic E-state index is 12.5. The van der Waals surface area contributed by atoms with Gasteiger partial charge in [0, 0.05) is 4.47 Å². The van der Waals surface area contributed by atoms with Crippen LogP contribution in [-0.4, -0.2) is 6.61 Å². The molecule has 1 rings (SSSR count). The highest BCUT2D eigenvalue weighted by molar-refractivity contribution is 9.11. The predicted octanol–water partition coefficient (Wildman–Crippen LogP) is 4.63. The molecule has 0 saturated carbocycles. The maximum atomic E-state index is 12.5. The smallest absolute Gasteiger partial charge is 0.417 e. The zero-order valence-corrected chi connectivity index (χ0v) is 10.8. The number of ether oxygens (including phenoxy) is 1. The van der Waals surface area contributed by atoms with Crippen LogP contribution in [0.2, 0.25) is 0 Å². The number of halogens is 5. The fourth-order valence-corrected chi connectivity index (χ4v) is 2.02. The van der Waals surface area contributed by atoms with E-state index in [1.54, 1.807) is 6.92 Å². The van der Waals surface area contributed by atoms with Crippen LogP contribution < -0.4 is 4.74 Å². The molecule has 0 aromatic heterocycles. The lowest BCUT2D eigenvalue weighted by molar-refractivity contribution is -0.138. The summed E-state index contributed by atoms with van der Waals surface area (Å²) in [5.41, 5.74) is -0.724. The van der Waals surface area contributed by atoms with Gasteiger partial charge >= 0.3 is 6.18 Å². The van der Waals surface area contributed by atoms with E-state index in [0.717, 1.165) is 6.07 Å². The van der Waals surface area contributed by atoms with Crippen molar-refractivity contribution in [2.24, 2.45) is 0 Å². The molecule has 1 aromatic carbocycles. The van der Waals surface area contributed by atoms with Crippen LogP contribution in [0.25, 0.3) is 0 Å². The molecule has 0 unspecified atom stereocenters. The van der Waals surface area contributed by atoms with E-state index in [1.165, 1.54) is 6.07 Å². The van der Waals surface area contributed by atoms with Gasteiger partial charge in [-0.05, 0) is 35.0 Å². The second kappa shape index (κ2) is 4.74. The number of benzene rings is 1. The number of rotatable bonds is 2. The molecule has 0 aliphatic heterocycles. The van der Waals surface area contributed by atoms with Crippen LogP contribution in [0.1, 0.15) is 12.5 Å². The van der Waals surface area contributed by atoms with E-state index in [-0.39, 0.29) is 4.47 Å². The van der Waals surface area contributed by atoms with Crippen LogP contribution in [0.3, 0.4) is 0 Å². The molecule has 15 heavy (non-hydrogen) atoms. The van der Waals surface area contributed by atoms with Gasteiger partial charge in [-0.3, -0.25) is 0 Å². The Kier molecular flexibility index (Phi) is 4.06. The summed E-state index contributed by atoms with van der Waals surface area (Å²) in [5, 5.41) is 0. The summed E-state index contributed by atoms with van der Waals surface area (Å²) in [6, 6.07) is 2.30. The minimum Gasteiger partial charge on any atom is -0.493 e. The first-order valence-electron chi connectivity index (χ1n) is 4.05. The summed E-state index contributed by atoms with van der Waals surface area (Å²) in [4.78, 5) is 0. The van der Waals surface area contributed by atoms with E-state index in [0.29, 0.717) is 16.8 Å². The standard InChI is InChI=1S/C9H7Br2F3O/c1-2-15-8-4-6(10)5(3-7(8)11)9(12,13)14/h3-4H,2H2,1H3. The van der Waals surface area contributed by atoms with E-state index in [9.17, 15) is 13.2 Å². The van der Waals surface area contributed by atoms with Crippen LogP contribution in [0.5, 0.6) is 5.75 Å². The SMILES string of the molecule is CCOc1cc(Br)c(C(F)(F)F)cc1Br. The first-order valence-corrected chi connectivity index (χ1v) is 5.64. The highest BCUT2D eigenvalue weighted by atomic mass is 79.9. The van der Waals surface area contributed by atoms with Gasteiger partial charge in [0.05, 0.1) is 16.6 Å². The lowest BCUT2D eigenvalue weighted by Crippen LogP contribution is -2.06. The summed E-state index contributed by atoms with van der Waals surface area (Å²) in [7, 11) is 0. The second-order valence-corrected chi connectivity index (χ2v) is 4.40. The van der Waals surface area contributed by atoms with Gasteiger partial charge in [-0.25, -0.2) is 0 Å². The molecule has 1 aromatic rings. The Bertz CT molecular complexity index is 363. The molecule has 0 saturated heterocycles. The van der Waals surface area contributed by atoms with Gasteiger partial charge in [-0.2, -0.15) is 13.2 Å². The maximum Gasteiger partial charge on any atom is 0.417 e. The van der Waals surface area contributed by atoms with Crippen molar-refractivity contribution in [2.45, 2.75) is 13.1 Å². The molecular formula is C9H7Br2F3O. The van der Waals surface area contributed by atoms with Crippen molar-refractivity contribution in [1.82, 2.24) is 0 Å². The van der Waals surface area contributed by atoms with Crippen LogP contribution in [0, 0.1) is 0 Å². The Morgan fingerprint density at radius 1 is 1.20 bits per heavy atom. The highest BCUT2D eigenvalue weighted by Gasteiger charge is 2.33. The number of hydrogen-bond acceptors (Lipinski definition) is 1. The van der Waals surface area contributed by atoms with Gasteiger partial charge < -0.3 is 4.74 Å². The number of hydrogen-bond donors (Lipinski definition) is 0. The molecular weight excluding hydrogens is 341 g/mol. The molecule has 0 heterocycles. The number of alkyl halides is 3. The van der Waals surface area contributed by atoms with E-state index in [1.807, 2.05) is 0 Å². The zero-order valence-electron chi connectivity index (χ0n) is 7.66. The van der Waals surface area contributed by atoms with Gasteiger partial charge in [0.25, 0.3) is 0 Å². The van der Waals surface area contributed by atoms with Crippen LogP contribution >= 0.6 is 31.9 Å². The predicted molar refractivity (Wildman–Crippen MR) is 58.0 cm³/mol. The van der Waals surface area contributed by atoms with E-state index < -0.39 is 11.7 Å². The van der Waals surface area contributed by atoms with Gasteiger partial charge in [0.2, 0.25) is 0 Å². The second-order valence-electron chi connectivity index (χ2n) is 2.69. The molecule has 0 N–H and O–H groups in total. The molecule has 6 heteroatoms. The summed E-state index contributed by atoms with van der Waals surface area (Å²) < 4.78 is 42.8. The molecule has 1 nitrogen and oxygen atoms in total. The van der Waals surface area contributed by atoms with Crippen molar-refractivity contribution in [3.05, 3.63) is 26.6 Å². The highest BCUT2D eigenvalue weighted by Crippen LogP contribution is 2.40. The van der Waals surface area contributed by atoms with Crippen molar-refractivity contribution < 1.29 is 17.9 Å². The summed E-state index contributed by atoms with van der Waals surface area (Å²) in [6.07, 6.45) is -4.37. The van der Waals surface area contributed by atoms with Crippen molar-refractivity contribution in [1.29, 1.82) is 0 Å². The van der Waals surface area contributed by atoms with Crippen molar-refractivity contribution in [3.63, 3.8) is 0 Å². The lowest BCUT2D eigenvalue weighted by Gasteiger charge is -2.12. The average molecular weight is 348 g/mol. The lowest BCUT2D eigenvalue weighted by atomic mass is 10.2. The Hall–Kier alpha value is -0.230. The van der Waals surface area contributed by atoms with Crippen molar-refractivity contribution in [3.8, 4) is 5.75 Å². The molecule has 0 bridgehead atoms. The molecule has 0 aliphatic carbocycles. The first-order chi connectivity index (χ1) is 6.86. The molecule has 0 atom stereocenters. The molecule has 0 aliphatic rings. The Morgan fingerprint density at radius 3 is 2.27 bits per heavy atom. The molecule has 84 valence electrons. The first kappa shape index (κ1) is 12.8. The third kappa shape index (κ3) is 3.11. The third-order valence-electron chi connectivity index (χ3n) is 1.63. The van der Waals surface area contributed by atoms with Gasteiger partial charge in [-0.1, -0.05) is 15.9 Å². The largest absolute Gasteiger partial charge is 0.493 e. The van der Waals surface area contributed by atoms with Crippen molar-refractivity contribution >= 4 is 31.9 Å². The normalized spacial score (nSPS) is 11.6. The topological polar surface area (TPSA) is 9.23 Å². The van der Waals surface area contributed by atoms with Crippen LogP contribution in [-0.2, 0) is 6.18 Å². The molecule has 0 spiro atoms. The van der Waals surface area contributed by atoms with Gasteiger partial charge in [-0.15, -0.1) is 0 Å². The Morgan fingerprint density at radius 2 is 1.80 bits per heavy atom. The Labute approximate surface area is 102 Å². The van der Waals surface area contributed by atoms with Crippen LogP contribution in [0.15, 0.2) is 21.1 Å². The fourth-order valence-electron chi connectivity index (χ4n) is 1.01. The molecule has 0 fully saturated rings. The van der Waals surface area contributed by atoms with Crippen LogP contribution in [0.4, 0.5) is 13.2 Å². The van der Waals surface area contributed by atoms with E-state index in [2.05, 4.69) is 31.9 Å². The zero-order chi connectivity index (χ0) is 11.6. The summed E-state index contributed by atoms with van der Waals surface area (Å²) in [5.74, 6) is 0.386. The third-order valence-corrected chi connectivity index (χ3v) is 2.90. The molecule has 0 amide bonds. The quantitative estimate of drug-likeness (QED) is 0.758. The summed E-state index contributed by atoms with van der Waals surface area (Å²) >= 11 is 5.90. The Balaban J connectivity index is 3.20. The minimum atomic E-state index is -4.37. The van der Waals surface area contributed by atoms with E-state index in [4.69, 9.17) is 4.74 Å². The van der Waals surface area contributed by atoms with Crippen molar-refractivity contribution in [2.75, 3.05) is 6.61 Å². The summed E-state index contributed by atoms with van der Waals surface area (Å²) in [6.45, 7) is 2.16. The average Bonchev–Trinajstić information content (AvgIpc) is 2.09.